The SMILES string of the molecule is CN=C(NCC(=O)N1CCCC1)N1CCSC(C)(C)C1.I. The molecular weight excluding hydrogens is 399 g/mol. The number of thioether (sulfide) groups is 1. The summed E-state index contributed by atoms with van der Waals surface area (Å²) >= 11 is 2.00. The Balaban J connectivity index is 0.00000220. The van der Waals surface area contributed by atoms with E-state index in [1.165, 1.54) is 0 Å². The van der Waals surface area contributed by atoms with E-state index in [2.05, 4.69) is 29.1 Å². The van der Waals surface area contributed by atoms with Crippen LogP contribution in [0.5, 0.6) is 0 Å². The van der Waals surface area contributed by atoms with Crippen LogP contribution in [0.2, 0.25) is 0 Å². The standard InChI is InChI=1S/C14H26N4OS.HI/c1-14(2)11-18(8-9-20-14)13(15-3)16-10-12(19)17-6-4-5-7-17;/h4-11H2,1-3H3,(H,15,16);1H. The van der Waals surface area contributed by atoms with Gasteiger partial charge in [-0.2, -0.15) is 11.8 Å². The molecule has 5 nitrogen and oxygen atoms in total. The molecule has 0 radical (unpaired) electrons. The van der Waals surface area contributed by atoms with Gasteiger partial charge in [0, 0.05) is 43.7 Å². The molecule has 21 heavy (non-hydrogen) atoms. The summed E-state index contributed by atoms with van der Waals surface area (Å²) in [6, 6.07) is 0. The van der Waals surface area contributed by atoms with Crippen LogP contribution in [0.25, 0.3) is 0 Å². The minimum Gasteiger partial charge on any atom is -0.347 e. The van der Waals surface area contributed by atoms with Crippen molar-refractivity contribution in [2.24, 2.45) is 4.99 Å². The zero-order chi connectivity index (χ0) is 14.6. The van der Waals surface area contributed by atoms with E-state index in [-0.39, 0.29) is 34.6 Å². The number of carbonyl (C=O) groups excluding carboxylic acids is 1. The van der Waals surface area contributed by atoms with Crippen molar-refractivity contribution in [2.75, 3.05) is 45.5 Å². The molecule has 0 spiro atoms. The van der Waals surface area contributed by atoms with Crippen molar-refractivity contribution in [3.8, 4) is 0 Å². The summed E-state index contributed by atoms with van der Waals surface area (Å²) in [6.45, 7) is 8.65. The second-order valence-corrected chi connectivity index (χ2v) is 7.82. The summed E-state index contributed by atoms with van der Waals surface area (Å²) in [5, 5.41) is 3.23. The average Bonchev–Trinajstić information content (AvgIpc) is 2.92. The zero-order valence-corrected chi connectivity index (χ0v) is 16.4. The summed E-state index contributed by atoms with van der Waals surface area (Å²) in [5.41, 5.74) is 0. The molecule has 0 aromatic carbocycles. The Morgan fingerprint density at radius 2 is 1.90 bits per heavy atom. The van der Waals surface area contributed by atoms with E-state index in [4.69, 9.17) is 0 Å². The van der Waals surface area contributed by atoms with Gasteiger partial charge in [0.1, 0.15) is 0 Å². The maximum atomic E-state index is 12.1. The van der Waals surface area contributed by atoms with Gasteiger partial charge in [-0.25, -0.2) is 0 Å². The molecule has 7 heteroatoms. The van der Waals surface area contributed by atoms with E-state index in [0.29, 0.717) is 6.54 Å². The second kappa shape index (κ2) is 8.45. The Hall–Kier alpha value is -0.180. The predicted octanol–water partition coefficient (Wildman–Crippen LogP) is 1.63. The van der Waals surface area contributed by atoms with Crippen LogP contribution in [0.4, 0.5) is 0 Å². The molecule has 2 fully saturated rings. The molecule has 0 unspecified atom stereocenters. The van der Waals surface area contributed by atoms with Crippen LogP contribution < -0.4 is 5.32 Å². The number of amides is 1. The van der Waals surface area contributed by atoms with Crippen molar-refractivity contribution in [1.82, 2.24) is 15.1 Å². The topological polar surface area (TPSA) is 47.9 Å². The third kappa shape index (κ3) is 5.50. The number of guanidine groups is 1. The first kappa shape index (κ1) is 18.9. The second-order valence-electron chi connectivity index (χ2n) is 6.02. The van der Waals surface area contributed by atoms with Crippen molar-refractivity contribution < 1.29 is 4.79 Å². The number of hydrogen-bond donors (Lipinski definition) is 1. The third-order valence-corrected chi connectivity index (χ3v) is 5.09. The van der Waals surface area contributed by atoms with Crippen molar-refractivity contribution in [3.63, 3.8) is 0 Å². The van der Waals surface area contributed by atoms with Crippen LogP contribution >= 0.6 is 35.7 Å². The fraction of sp³-hybridized carbons (Fsp3) is 0.857. The van der Waals surface area contributed by atoms with Crippen molar-refractivity contribution in [2.45, 2.75) is 31.4 Å². The zero-order valence-electron chi connectivity index (χ0n) is 13.2. The molecule has 0 aliphatic carbocycles. The van der Waals surface area contributed by atoms with Gasteiger partial charge in [-0.15, -0.1) is 24.0 Å². The van der Waals surface area contributed by atoms with Crippen LogP contribution in [0.3, 0.4) is 0 Å². The quantitative estimate of drug-likeness (QED) is 0.414. The number of likely N-dealkylation sites (tertiary alicyclic amines) is 1. The minimum absolute atomic E-state index is 0. The number of nitrogens with one attached hydrogen (secondary N) is 1. The molecule has 0 saturated carbocycles. The van der Waals surface area contributed by atoms with Gasteiger partial charge in [0.05, 0.1) is 6.54 Å². The first-order valence-electron chi connectivity index (χ1n) is 7.39. The highest BCUT2D eigenvalue weighted by molar-refractivity contribution is 14.0. The summed E-state index contributed by atoms with van der Waals surface area (Å²) in [7, 11) is 1.79. The monoisotopic (exact) mass is 426 g/mol. The summed E-state index contributed by atoms with van der Waals surface area (Å²) in [6.07, 6.45) is 2.27. The lowest BCUT2D eigenvalue weighted by Gasteiger charge is -2.39. The van der Waals surface area contributed by atoms with Crippen molar-refractivity contribution in [3.05, 3.63) is 0 Å². The van der Waals surface area contributed by atoms with Crippen molar-refractivity contribution in [1.29, 1.82) is 0 Å². The highest BCUT2D eigenvalue weighted by Crippen LogP contribution is 2.29. The van der Waals surface area contributed by atoms with E-state index in [1.807, 2.05) is 16.7 Å². The maximum Gasteiger partial charge on any atom is 0.241 e. The maximum absolute atomic E-state index is 12.1. The Morgan fingerprint density at radius 3 is 2.48 bits per heavy atom. The highest BCUT2D eigenvalue weighted by atomic mass is 127. The van der Waals surface area contributed by atoms with Crippen LogP contribution in [0.1, 0.15) is 26.7 Å². The molecule has 0 atom stereocenters. The third-order valence-electron chi connectivity index (χ3n) is 3.79. The fourth-order valence-electron chi connectivity index (χ4n) is 2.76. The summed E-state index contributed by atoms with van der Waals surface area (Å²) in [4.78, 5) is 20.6. The Labute approximate surface area is 149 Å². The highest BCUT2D eigenvalue weighted by Gasteiger charge is 2.29. The van der Waals surface area contributed by atoms with Gasteiger partial charge in [0.15, 0.2) is 5.96 Å². The van der Waals surface area contributed by atoms with Crippen LogP contribution in [0, 0.1) is 0 Å². The van der Waals surface area contributed by atoms with E-state index in [0.717, 1.165) is 50.7 Å². The fourth-order valence-corrected chi connectivity index (χ4v) is 3.87. The van der Waals surface area contributed by atoms with E-state index >= 15 is 0 Å². The predicted molar refractivity (Wildman–Crippen MR) is 101 cm³/mol. The van der Waals surface area contributed by atoms with Gasteiger partial charge in [-0.1, -0.05) is 0 Å². The lowest BCUT2D eigenvalue weighted by Crippen LogP contribution is -2.52. The van der Waals surface area contributed by atoms with Gasteiger partial charge in [-0.3, -0.25) is 9.79 Å². The summed E-state index contributed by atoms with van der Waals surface area (Å²) in [5.74, 6) is 2.15. The molecule has 2 aliphatic heterocycles. The van der Waals surface area contributed by atoms with Gasteiger partial charge < -0.3 is 15.1 Å². The van der Waals surface area contributed by atoms with E-state index in [1.54, 1.807) is 7.05 Å². The van der Waals surface area contributed by atoms with Gasteiger partial charge in [-0.05, 0) is 26.7 Å². The Bertz CT molecular complexity index is 383. The first-order chi connectivity index (χ1) is 9.52. The number of halogens is 1. The largest absolute Gasteiger partial charge is 0.347 e. The Kier molecular flexibility index (Phi) is 7.59. The minimum atomic E-state index is 0. The number of rotatable bonds is 2. The van der Waals surface area contributed by atoms with Gasteiger partial charge in [0.2, 0.25) is 5.91 Å². The number of carbonyl (C=O) groups is 1. The molecule has 1 N–H and O–H groups in total. The van der Waals surface area contributed by atoms with Crippen LogP contribution in [-0.2, 0) is 4.79 Å². The first-order valence-corrected chi connectivity index (χ1v) is 8.38. The molecule has 2 heterocycles. The molecule has 0 aromatic heterocycles. The molecule has 2 aliphatic rings. The summed E-state index contributed by atoms with van der Waals surface area (Å²) < 4.78 is 0.245. The normalized spacial score (nSPS) is 22.0. The molecule has 0 aromatic rings. The lowest BCUT2D eigenvalue weighted by molar-refractivity contribution is -0.128. The molecule has 2 rings (SSSR count). The van der Waals surface area contributed by atoms with Crippen molar-refractivity contribution >= 4 is 47.6 Å². The molecule has 1 amide bonds. The smallest absolute Gasteiger partial charge is 0.241 e. The van der Waals surface area contributed by atoms with Gasteiger partial charge >= 0.3 is 0 Å². The lowest BCUT2D eigenvalue weighted by atomic mass is 10.2. The van der Waals surface area contributed by atoms with Crippen LogP contribution in [0.15, 0.2) is 4.99 Å². The van der Waals surface area contributed by atoms with E-state index in [9.17, 15) is 4.79 Å². The number of nitrogens with zero attached hydrogens (tertiary/aromatic N) is 3. The number of aliphatic imine (C=N–C) groups is 1. The van der Waals surface area contributed by atoms with Crippen LogP contribution in [-0.4, -0.2) is 71.9 Å². The average molecular weight is 426 g/mol. The van der Waals surface area contributed by atoms with Gasteiger partial charge in [0.25, 0.3) is 0 Å². The number of hydrogen-bond acceptors (Lipinski definition) is 3. The molecular formula is C14H27IN4OS. The Morgan fingerprint density at radius 1 is 1.24 bits per heavy atom. The van der Waals surface area contributed by atoms with E-state index < -0.39 is 0 Å². The molecule has 2 saturated heterocycles. The molecule has 0 bridgehead atoms. The molecule has 122 valence electrons.